The molecule has 0 aliphatic carbocycles. The second-order valence-corrected chi connectivity index (χ2v) is 5.70. The lowest BCUT2D eigenvalue weighted by Gasteiger charge is -2.11. The molecular weight excluding hydrogens is 266 g/mol. The number of esters is 1. The summed E-state index contributed by atoms with van der Waals surface area (Å²) in [6.45, 7) is 5.79. The van der Waals surface area contributed by atoms with E-state index in [-0.39, 0.29) is 16.5 Å². The molecule has 0 N–H and O–H groups in total. The van der Waals surface area contributed by atoms with Crippen LogP contribution in [-0.2, 0) is 4.74 Å². The van der Waals surface area contributed by atoms with Crippen LogP contribution in [0.3, 0.4) is 0 Å². The van der Waals surface area contributed by atoms with Gasteiger partial charge in [0.05, 0.1) is 22.5 Å². The number of carbonyl (C=O) groups is 1. The van der Waals surface area contributed by atoms with Crippen LogP contribution in [0, 0.1) is 17.0 Å². The minimum atomic E-state index is -0.555. The van der Waals surface area contributed by atoms with E-state index < -0.39 is 10.9 Å². The number of nitrogens with zero attached hydrogens (tertiary/aromatic N) is 1. The number of carbonyl (C=O) groups excluding carboxylic acids is 1. The first-order valence-electron chi connectivity index (χ1n) is 5.94. The fourth-order valence-corrected chi connectivity index (χ4v) is 2.64. The van der Waals surface area contributed by atoms with E-state index in [4.69, 9.17) is 0 Å². The van der Waals surface area contributed by atoms with Crippen molar-refractivity contribution < 1.29 is 14.5 Å². The molecule has 1 unspecified atom stereocenters. The summed E-state index contributed by atoms with van der Waals surface area (Å²) < 4.78 is 4.63. The molecule has 19 heavy (non-hydrogen) atoms. The standard InChI is InChI=1S/C13H17NO4S/c1-5-9(3)19-12-6-8(2)10(13(15)18-4)7-11(12)14(16)17/h6-7,9H,5H2,1-4H3. The summed E-state index contributed by atoms with van der Waals surface area (Å²) in [5, 5.41) is 11.4. The Morgan fingerprint density at radius 1 is 1.53 bits per heavy atom. The largest absolute Gasteiger partial charge is 0.465 e. The molecule has 0 saturated carbocycles. The highest BCUT2D eigenvalue weighted by Gasteiger charge is 2.21. The Bertz CT molecular complexity index is 502. The van der Waals surface area contributed by atoms with Crippen molar-refractivity contribution in [1.82, 2.24) is 0 Å². The lowest BCUT2D eigenvalue weighted by molar-refractivity contribution is -0.387. The van der Waals surface area contributed by atoms with E-state index in [0.717, 1.165) is 6.42 Å². The zero-order valence-electron chi connectivity index (χ0n) is 11.4. The van der Waals surface area contributed by atoms with Gasteiger partial charge in [0.25, 0.3) is 5.69 Å². The Balaban J connectivity index is 3.29. The first kappa shape index (κ1) is 15.5. The van der Waals surface area contributed by atoms with Crippen molar-refractivity contribution in [3.8, 4) is 0 Å². The van der Waals surface area contributed by atoms with Gasteiger partial charge < -0.3 is 4.74 Å². The van der Waals surface area contributed by atoms with E-state index in [9.17, 15) is 14.9 Å². The van der Waals surface area contributed by atoms with Gasteiger partial charge in [0.1, 0.15) is 0 Å². The lowest BCUT2D eigenvalue weighted by atomic mass is 10.1. The molecule has 6 heteroatoms. The third kappa shape index (κ3) is 3.70. The maximum Gasteiger partial charge on any atom is 0.338 e. The van der Waals surface area contributed by atoms with Crippen LogP contribution < -0.4 is 0 Å². The maximum atomic E-state index is 11.5. The van der Waals surface area contributed by atoms with Crippen molar-refractivity contribution in [3.63, 3.8) is 0 Å². The number of benzene rings is 1. The third-order valence-corrected chi connectivity index (χ3v) is 4.13. The highest BCUT2D eigenvalue weighted by atomic mass is 32.2. The number of methoxy groups -OCH3 is 1. The van der Waals surface area contributed by atoms with Crippen molar-refractivity contribution in [1.29, 1.82) is 0 Å². The van der Waals surface area contributed by atoms with E-state index in [0.29, 0.717) is 10.5 Å². The Morgan fingerprint density at radius 3 is 2.63 bits per heavy atom. The van der Waals surface area contributed by atoms with Gasteiger partial charge in [0.15, 0.2) is 0 Å². The molecule has 104 valence electrons. The van der Waals surface area contributed by atoms with E-state index in [1.165, 1.54) is 24.9 Å². The number of nitro benzene ring substituents is 1. The molecule has 0 heterocycles. The van der Waals surface area contributed by atoms with E-state index >= 15 is 0 Å². The van der Waals surface area contributed by atoms with Crippen LogP contribution in [0.15, 0.2) is 17.0 Å². The Labute approximate surface area is 116 Å². The molecule has 0 aliphatic heterocycles. The summed E-state index contributed by atoms with van der Waals surface area (Å²) in [7, 11) is 1.26. The van der Waals surface area contributed by atoms with Crippen molar-refractivity contribution >= 4 is 23.4 Å². The predicted molar refractivity (Wildman–Crippen MR) is 74.8 cm³/mol. The number of ether oxygens (including phenoxy) is 1. The molecule has 0 spiro atoms. The van der Waals surface area contributed by atoms with Crippen LogP contribution in [0.1, 0.15) is 36.2 Å². The average molecular weight is 283 g/mol. The zero-order chi connectivity index (χ0) is 14.6. The Hall–Kier alpha value is -1.56. The van der Waals surface area contributed by atoms with E-state index in [2.05, 4.69) is 4.74 Å². The molecule has 0 aliphatic rings. The summed E-state index contributed by atoms with van der Waals surface area (Å²) in [4.78, 5) is 22.8. The summed E-state index contributed by atoms with van der Waals surface area (Å²) in [6, 6.07) is 2.98. The maximum absolute atomic E-state index is 11.5. The molecule has 1 aromatic carbocycles. The van der Waals surface area contributed by atoms with Gasteiger partial charge in [0.2, 0.25) is 0 Å². The van der Waals surface area contributed by atoms with Gasteiger partial charge in [-0.15, -0.1) is 11.8 Å². The quantitative estimate of drug-likeness (QED) is 0.357. The number of rotatable bonds is 5. The van der Waals surface area contributed by atoms with Crippen LogP contribution in [0.25, 0.3) is 0 Å². The van der Waals surface area contributed by atoms with Crippen LogP contribution in [0.5, 0.6) is 0 Å². The fourth-order valence-electron chi connectivity index (χ4n) is 1.54. The van der Waals surface area contributed by atoms with Gasteiger partial charge in [-0.1, -0.05) is 13.8 Å². The zero-order valence-corrected chi connectivity index (χ0v) is 12.2. The van der Waals surface area contributed by atoms with Crippen LogP contribution >= 0.6 is 11.8 Å². The number of aryl methyl sites for hydroxylation is 1. The molecule has 0 amide bonds. The highest BCUT2D eigenvalue weighted by molar-refractivity contribution is 8.00. The first-order valence-corrected chi connectivity index (χ1v) is 6.82. The number of hydrogen-bond donors (Lipinski definition) is 0. The molecule has 1 rings (SSSR count). The van der Waals surface area contributed by atoms with Gasteiger partial charge in [0, 0.05) is 11.3 Å². The van der Waals surface area contributed by atoms with Crippen LogP contribution in [0.2, 0.25) is 0 Å². The molecule has 5 nitrogen and oxygen atoms in total. The van der Waals surface area contributed by atoms with E-state index in [1.54, 1.807) is 13.0 Å². The van der Waals surface area contributed by atoms with Crippen molar-refractivity contribution in [2.24, 2.45) is 0 Å². The van der Waals surface area contributed by atoms with E-state index in [1.807, 2.05) is 13.8 Å². The lowest BCUT2D eigenvalue weighted by Crippen LogP contribution is -2.06. The minimum absolute atomic E-state index is 0.0451. The summed E-state index contributed by atoms with van der Waals surface area (Å²) in [5.74, 6) is -0.555. The number of hydrogen-bond acceptors (Lipinski definition) is 5. The molecular formula is C13H17NO4S. The minimum Gasteiger partial charge on any atom is -0.465 e. The number of nitro groups is 1. The number of thioether (sulfide) groups is 1. The highest BCUT2D eigenvalue weighted by Crippen LogP contribution is 2.35. The predicted octanol–water partition coefficient (Wildman–Crippen LogP) is 3.58. The normalized spacial score (nSPS) is 12.0. The van der Waals surface area contributed by atoms with Crippen LogP contribution in [0.4, 0.5) is 5.69 Å². The molecule has 0 fully saturated rings. The molecule has 0 radical (unpaired) electrons. The SMILES string of the molecule is CCC(C)Sc1cc(C)c(C(=O)OC)cc1[N+](=O)[O-]. The van der Waals surface area contributed by atoms with Gasteiger partial charge in [-0.25, -0.2) is 4.79 Å². The molecule has 0 saturated heterocycles. The molecule has 0 aromatic heterocycles. The van der Waals surface area contributed by atoms with Gasteiger partial charge in [-0.2, -0.15) is 0 Å². The van der Waals surface area contributed by atoms with Crippen molar-refractivity contribution in [2.75, 3.05) is 7.11 Å². The van der Waals surface area contributed by atoms with Gasteiger partial charge in [-0.3, -0.25) is 10.1 Å². The van der Waals surface area contributed by atoms with Crippen LogP contribution in [-0.4, -0.2) is 23.3 Å². The Morgan fingerprint density at radius 2 is 2.16 bits per heavy atom. The monoisotopic (exact) mass is 283 g/mol. The average Bonchev–Trinajstić information content (AvgIpc) is 2.37. The summed E-state index contributed by atoms with van der Waals surface area (Å²) >= 11 is 1.45. The smallest absolute Gasteiger partial charge is 0.338 e. The van der Waals surface area contributed by atoms with Crippen molar-refractivity contribution in [3.05, 3.63) is 33.4 Å². The summed E-state index contributed by atoms with van der Waals surface area (Å²) in [5.41, 5.74) is 0.877. The van der Waals surface area contributed by atoms with Gasteiger partial charge in [-0.05, 0) is 25.0 Å². The molecule has 1 atom stereocenters. The fraction of sp³-hybridized carbons (Fsp3) is 0.462. The van der Waals surface area contributed by atoms with Gasteiger partial charge >= 0.3 is 5.97 Å². The second-order valence-electron chi connectivity index (χ2n) is 4.22. The topological polar surface area (TPSA) is 69.4 Å². The van der Waals surface area contributed by atoms with Crippen molar-refractivity contribution in [2.45, 2.75) is 37.3 Å². The molecule has 1 aromatic rings. The molecule has 0 bridgehead atoms. The Kier molecular flexibility index (Phi) is 5.35. The first-order chi connectivity index (χ1) is 8.90. The summed E-state index contributed by atoms with van der Waals surface area (Å²) in [6.07, 6.45) is 0.916. The third-order valence-electron chi connectivity index (χ3n) is 2.81. The second kappa shape index (κ2) is 6.56.